The van der Waals surface area contributed by atoms with Crippen molar-refractivity contribution in [1.82, 2.24) is 9.80 Å². The third-order valence-corrected chi connectivity index (χ3v) is 4.91. The van der Waals surface area contributed by atoms with E-state index in [2.05, 4.69) is 41.8 Å². The zero-order valence-electron chi connectivity index (χ0n) is 13.1. The summed E-state index contributed by atoms with van der Waals surface area (Å²) in [4.78, 5) is 19.6. The van der Waals surface area contributed by atoms with Crippen LogP contribution in [-0.2, 0) is 11.2 Å². The van der Waals surface area contributed by atoms with Gasteiger partial charge in [0.1, 0.15) is 0 Å². The highest BCUT2D eigenvalue weighted by Gasteiger charge is 2.31. The van der Waals surface area contributed by atoms with Gasteiger partial charge in [0.2, 0.25) is 5.91 Å². The summed E-state index contributed by atoms with van der Waals surface area (Å²) in [5.41, 5.74) is 2.41. The summed E-state index contributed by atoms with van der Waals surface area (Å²) in [6.07, 6.45) is 0.984. The summed E-state index contributed by atoms with van der Waals surface area (Å²) in [5, 5.41) is 0. The predicted octanol–water partition coefficient (Wildman–Crippen LogP) is 1.60. The highest BCUT2D eigenvalue weighted by molar-refractivity contribution is 5.98. The fourth-order valence-electron chi connectivity index (χ4n) is 3.42. The summed E-state index contributed by atoms with van der Waals surface area (Å²) in [6.45, 7) is 10.3. The Bertz CT molecular complexity index is 509. The molecule has 114 valence electrons. The molecular formula is C17H25N3O. The van der Waals surface area contributed by atoms with Crippen LogP contribution in [0.4, 0.5) is 5.69 Å². The molecular weight excluding hydrogens is 262 g/mol. The third-order valence-electron chi connectivity index (χ3n) is 4.91. The van der Waals surface area contributed by atoms with E-state index < -0.39 is 0 Å². The molecule has 3 rings (SSSR count). The molecule has 4 heteroatoms. The standard InChI is InChI=1S/C17H25N3O/c1-3-18-10-12-19(13-11-18)14(2)17(21)20-9-8-15-6-4-5-7-16(15)20/h4-7,14H,3,8-13H2,1-2H3/t14-/m1/s1. The van der Waals surface area contributed by atoms with Gasteiger partial charge in [0.05, 0.1) is 6.04 Å². The second-order valence-corrected chi connectivity index (χ2v) is 6.01. The summed E-state index contributed by atoms with van der Waals surface area (Å²) >= 11 is 0. The molecule has 1 aromatic rings. The van der Waals surface area contributed by atoms with E-state index in [1.165, 1.54) is 5.56 Å². The first-order valence-corrected chi connectivity index (χ1v) is 8.06. The Labute approximate surface area is 127 Å². The van der Waals surface area contributed by atoms with Crippen LogP contribution in [0, 0.1) is 0 Å². The van der Waals surface area contributed by atoms with E-state index in [0.717, 1.165) is 51.4 Å². The molecule has 0 spiro atoms. The molecule has 0 radical (unpaired) electrons. The number of carbonyl (C=O) groups is 1. The van der Waals surface area contributed by atoms with E-state index in [0.29, 0.717) is 0 Å². The number of fused-ring (bicyclic) bond motifs is 1. The van der Waals surface area contributed by atoms with Gasteiger partial charge in [-0.2, -0.15) is 0 Å². The highest BCUT2D eigenvalue weighted by Crippen LogP contribution is 2.28. The number of carbonyl (C=O) groups excluding carboxylic acids is 1. The fourth-order valence-corrected chi connectivity index (χ4v) is 3.42. The number of nitrogens with zero attached hydrogens (tertiary/aromatic N) is 3. The molecule has 1 aromatic carbocycles. The Morgan fingerprint density at radius 3 is 2.57 bits per heavy atom. The van der Waals surface area contributed by atoms with Crippen LogP contribution in [0.3, 0.4) is 0 Å². The van der Waals surface area contributed by atoms with Gasteiger partial charge in [0.15, 0.2) is 0 Å². The maximum absolute atomic E-state index is 12.8. The van der Waals surface area contributed by atoms with Crippen LogP contribution < -0.4 is 4.90 Å². The van der Waals surface area contributed by atoms with Crippen molar-refractivity contribution in [3.8, 4) is 0 Å². The van der Waals surface area contributed by atoms with E-state index >= 15 is 0 Å². The largest absolute Gasteiger partial charge is 0.310 e. The second-order valence-electron chi connectivity index (χ2n) is 6.01. The SMILES string of the molecule is CCN1CCN([C@H](C)C(=O)N2CCc3ccccc32)CC1. The summed E-state index contributed by atoms with van der Waals surface area (Å²) in [7, 11) is 0. The molecule has 1 fully saturated rings. The molecule has 0 aliphatic carbocycles. The molecule has 4 nitrogen and oxygen atoms in total. The van der Waals surface area contributed by atoms with Gasteiger partial charge in [-0.1, -0.05) is 25.1 Å². The lowest BCUT2D eigenvalue weighted by molar-refractivity contribution is -0.123. The molecule has 0 saturated carbocycles. The van der Waals surface area contributed by atoms with Crippen molar-refractivity contribution in [3.63, 3.8) is 0 Å². The Morgan fingerprint density at radius 1 is 1.14 bits per heavy atom. The lowest BCUT2D eigenvalue weighted by Crippen LogP contribution is -2.54. The van der Waals surface area contributed by atoms with Gasteiger partial charge in [-0.25, -0.2) is 0 Å². The van der Waals surface area contributed by atoms with Crippen molar-refractivity contribution >= 4 is 11.6 Å². The maximum atomic E-state index is 12.8. The number of anilines is 1. The van der Waals surface area contributed by atoms with Gasteiger partial charge < -0.3 is 9.80 Å². The quantitative estimate of drug-likeness (QED) is 0.845. The maximum Gasteiger partial charge on any atom is 0.244 e. The van der Waals surface area contributed by atoms with Crippen LogP contribution in [0.15, 0.2) is 24.3 Å². The van der Waals surface area contributed by atoms with Crippen LogP contribution >= 0.6 is 0 Å². The monoisotopic (exact) mass is 287 g/mol. The first kappa shape index (κ1) is 14.5. The van der Waals surface area contributed by atoms with Crippen molar-refractivity contribution in [2.75, 3.05) is 44.2 Å². The molecule has 0 aromatic heterocycles. The number of benzene rings is 1. The molecule has 2 heterocycles. The van der Waals surface area contributed by atoms with Gasteiger partial charge in [-0.3, -0.25) is 9.69 Å². The van der Waals surface area contributed by atoms with Crippen molar-refractivity contribution in [2.24, 2.45) is 0 Å². The number of hydrogen-bond acceptors (Lipinski definition) is 3. The van der Waals surface area contributed by atoms with Gasteiger partial charge in [0.25, 0.3) is 0 Å². The molecule has 1 saturated heterocycles. The molecule has 1 atom stereocenters. The minimum Gasteiger partial charge on any atom is -0.310 e. The minimum absolute atomic E-state index is 0.0184. The first-order valence-electron chi connectivity index (χ1n) is 8.06. The van der Waals surface area contributed by atoms with Crippen molar-refractivity contribution < 1.29 is 4.79 Å². The third kappa shape index (κ3) is 2.83. The first-order chi connectivity index (χ1) is 10.2. The number of hydrogen-bond donors (Lipinski definition) is 0. The zero-order chi connectivity index (χ0) is 14.8. The lowest BCUT2D eigenvalue weighted by Gasteiger charge is -2.38. The Balaban J connectivity index is 1.66. The van der Waals surface area contributed by atoms with E-state index in [4.69, 9.17) is 0 Å². The Hall–Kier alpha value is -1.39. The van der Waals surface area contributed by atoms with Gasteiger partial charge in [-0.05, 0) is 31.5 Å². The van der Waals surface area contributed by atoms with Crippen molar-refractivity contribution in [2.45, 2.75) is 26.3 Å². The number of para-hydroxylation sites is 1. The van der Waals surface area contributed by atoms with Crippen LogP contribution in [0.5, 0.6) is 0 Å². The Kier molecular flexibility index (Phi) is 4.27. The topological polar surface area (TPSA) is 26.8 Å². The van der Waals surface area contributed by atoms with E-state index in [-0.39, 0.29) is 11.9 Å². The number of piperazine rings is 1. The molecule has 2 aliphatic heterocycles. The van der Waals surface area contributed by atoms with Gasteiger partial charge in [0, 0.05) is 38.4 Å². The Morgan fingerprint density at radius 2 is 1.86 bits per heavy atom. The molecule has 0 N–H and O–H groups in total. The van der Waals surface area contributed by atoms with Gasteiger partial charge in [-0.15, -0.1) is 0 Å². The number of rotatable bonds is 3. The molecule has 21 heavy (non-hydrogen) atoms. The van der Waals surface area contributed by atoms with Crippen molar-refractivity contribution in [3.05, 3.63) is 29.8 Å². The summed E-state index contributed by atoms with van der Waals surface area (Å²) in [6, 6.07) is 8.26. The van der Waals surface area contributed by atoms with Crippen LogP contribution in [0.25, 0.3) is 0 Å². The van der Waals surface area contributed by atoms with Crippen LogP contribution in [0.1, 0.15) is 19.4 Å². The lowest BCUT2D eigenvalue weighted by atomic mass is 10.1. The van der Waals surface area contributed by atoms with Gasteiger partial charge >= 0.3 is 0 Å². The minimum atomic E-state index is -0.0184. The summed E-state index contributed by atoms with van der Waals surface area (Å²) < 4.78 is 0. The molecule has 1 amide bonds. The van der Waals surface area contributed by atoms with Crippen LogP contribution in [0.2, 0.25) is 0 Å². The predicted molar refractivity (Wildman–Crippen MR) is 85.6 cm³/mol. The fraction of sp³-hybridized carbons (Fsp3) is 0.588. The average Bonchev–Trinajstić information content (AvgIpc) is 2.97. The molecule has 0 unspecified atom stereocenters. The van der Waals surface area contributed by atoms with E-state index in [1.807, 2.05) is 11.0 Å². The zero-order valence-corrected chi connectivity index (χ0v) is 13.1. The van der Waals surface area contributed by atoms with E-state index in [1.54, 1.807) is 0 Å². The smallest absolute Gasteiger partial charge is 0.244 e. The normalized spacial score (nSPS) is 21.3. The van der Waals surface area contributed by atoms with Crippen LogP contribution in [-0.4, -0.2) is 61.0 Å². The van der Waals surface area contributed by atoms with Crippen molar-refractivity contribution in [1.29, 1.82) is 0 Å². The van der Waals surface area contributed by atoms with E-state index in [9.17, 15) is 4.79 Å². The molecule has 0 bridgehead atoms. The summed E-state index contributed by atoms with van der Waals surface area (Å²) in [5.74, 6) is 0.255. The second kappa shape index (κ2) is 6.16. The molecule has 2 aliphatic rings. The average molecular weight is 287 g/mol. The number of likely N-dealkylation sites (N-methyl/N-ethyl adjacent to an activating group) is 1. The highest BCUT2D eigenvalue weighted by atomic mass is 16.2. The number of amides is 1.